The summed E-state index contributed by atoms with van der Waals surface area (Å²) < 4.78 is 16.1. The van der Waals surface area contributed by atoms with Crippen LogP contribution in [0.1, 0.15) is 0 Å². The van der Waals surface area contributed by atoms with Crippen molar-refractivity contribution in [3.63, 3.8) is 0 Å². The molecule has 0 aromatic heterocycles. The third kappa shape index (κ3) is 1.21. The molecule has 0 amide bonds. The Labute approximate surface area is 145 Å². The van der Waals surface area contributed by atoms with Crippen LogP contribution >= 0.6 is 46.4 Å². The van der Waals surface area contributed by atoms with E-state index in [1.807, 2.05) is 0 Å². The SMILES string of the molecule is COC1(OC)[C@@]2(Cl)C(Cl)=C(Cl)[C@@]1(Cl)[C@H]1C(=O)[C@@H]3O[C@H]3C(=O)[C@H]12. The molecule has 0 radical (unpaired) electrons. The Hall–Kier alpha value is 0.120. The van der Waals surface area contributed by atoms with Gasteiger partial charge >= 0.3 is 0 Å². The summed E-state index contributed by atoms with van der Waals surface area (Å²) >= 11 is 26.1. The number of ketones is 2. The van der Waals surface area contributed by atoms with Gasteiger partial charge in [0.05, 0.1) is 21.9 Å². The number of fused-ring (bicyclic) bond motifs is 6. The van der Waals surface area contributed by atoms with Crippen LogP contribution in [0, 0.1) is 11.8 Å². The van der Waals surface area contributed by atoms with Gasteiger partial charge in [-0.3, -0.25) is 9.59 Å². The number of ether oxygens (including phenoxy) is 3. The van der Waals surface area contributed by atoms with Gasteiger partial charge < -0.3 is 14.2 Å². The lowest BCUT2D eigenvalue weighted by Crippen LogP contribution is -2.58. The second kappa shape index (κ2) is 4.20. The minimum atomic E-state index is -1.73. The number of hydrogen-bond acceptors (Lipinski definition) is 5. The predicted molar refractivity (Wildman–Crippen MR) is 78.3 cm³/mol. The molecule has 0 unspecified atom stereocenters. The van der Waals surface area contributed by atoms with Crippen LogP contribution in [0.15, 0.2) is 10.1 Å². The van der Waals surface area contributed by atoms with Crippen molar-refractivity contribution in [2.75, 3.05) is 14.2 Å². The number of halogens is 4. The van der Waals surface area contributed by atoms with Crippen molar-refractivity contribution in [2.45, 2.75) is 27.7 Å². The third-order valence-electron chi connectivity index (χ3n) is 5.22. The van der Waals surface area contributed by atoms with Crippen LogP contribution in [0.3, 0.4) is 0 Å². The molecule has 0 aromatic rings. The summed E-state index contributed by atoms with van der Waals surface area (Å²) in [4.78, 5) is 21.9. The Morgan fingerprint density at radius 3 is 1.59 bits per heavy atom. The van der Waals surface area contributed by atoms with Crippen LogP contribution < -0.4 is 0 Å². The van der Waals surface area contributed by atoms with E-state index in [-0.39, 0.29) is 21.6 Å². The third-order valence-corrected chi connectivity index (χ3v) is 7.83. The highest BCUT2D eigenvalue weighted by atomic mass is 35.5. The molecule has 2 bridgehead atoms. The standard InChI is InChI=1S/C13H10Cl4O5/c1-20-13(21-2)11(16)3-4(12(13,17)10(15)9(11)14)6(19)8-7(22-8)5(3)18/h3-4,7-8H,1-2H3/t3-,4+,7-,8-,11-,12-/m0/s1. The number of alkyl halides is 2. The smallest absolute Gasteiger partial charge is 0.218 e. The Balaban J connectivity index is 2.04. The minimum absolute atomic E-state index is 0.0315. The topological polar surface area (TPSA) is 65.1 Å². The van der Waals surface area contributed by atoms with E-state index in [4.69, 9.17) is 60.6 Å². The molecule has 5 nitrogen and oxygen atoms in total. The Morgan fingerprint density at radius 2 is 1.27 bits per heavy atom. The summed E-state index contributed by atoms with van der Waals surface area (Å²) in [5.74, 6) is -4.41. The molecule has 1 saturated heterocycles. The maximum Gasteiger partial charge on any atom is 0.218 e. The largest absolute Gasteiger partial charge is 0.353 e. The van der Waals surface area contributed by atoms with Crippen molar-refractivity contribution in [3.05, 3.63) is 10.1 Å². The van der Waals surface area contributed by atoms with Crippen molar-refractivity contribution in [1.82, 2.24) is 0 Å². The highest BCUT2D eigenvalue weighted by Crippen LogP contribution is 2.75. The molecule has 0 spiro atoms. The molecule has 0 aromatic carbocycles. The highest BCUT2D eigenvalue weighted by molar-refractivity contribution is 6.53. The van der Waals surface area contributed by atoms with Crippen molar-refractivity contribution in [1.29, 1.82) is 0 Å². The lowest BCUT2D eigenvalue weighted by Gasteiger charge is -2.41. The summed E-state index contributed by atoms with van der Waals surface area (Å²) in [5, 5.41) is -0.0629. The van der Waals surface area contributed by atoms with Gasteiger partial charge in [-0.1, -0.05) is 23.2 Å². The molecule has 120 valence electrons. The number of carbonyl (C=O) groups is 2. The molecule has 4 aliphatic rings. The molecule has 1 heterocycles. The van der Waals surface area contributed by atoms with Crippen molar-refractivity contribution < 1.29 is 23.8 Å². The summed E-state index contributed by atoms with van der Waals surface area (Å²) in [6, 6.07) is 0. The second-order valence-corrected chi connectivity index (χ2v) is 7.76. The zero-order chi connectivity index (χ0) is 16.2. The van der Waals surface area contributed by atoms with Gasteiger partial charge in [-0.05, 0) is 0 Å². The van der Waals surface area contributed by atoms with Gasteiger partial charge in [0, 0.05) is 14.2 Å². The van der Waals surface area contributed by atoms with E-state index in [1.54, 1.807) is 0 Å². The lowest BCUT2D eigenvalue weighted by atomic mass is 9.71. The number of methoxy groups -OCH3 is 2. The Kier molecular flexibility index (Phi) is 2.98. The first-order chi connectivity index (χ1) is 10.2. The minimum Gasteiger partial charge on any atom is -0.353 e. The molecular formula is C13H10Cl4O5. The molecule has 0 N–H and O–H groups in total. The van der Waals surface area contributed by atoms with E-state index in [9.17, 15) is 9.59 Å². The van der Waals surface area contributed by atoms with Crippen LogP contribution in [0.4, 0.5) is 0 Å². The van der Waals surface area contributed by atoms with Gasteiger partial charge in [-0.25, -0.2) is 0 Å². The first kappa shape index (κ1) is 15.6. The van der Waals surface area contributed by atoms with E-state index in [1.165, 1.54) is 14.2 Å². The zero-order valence-corrected chi connectivity index (χ0v) is 14.4. The Bertz CT molecular complexity index is 609. The van der Waals surface area contributed by atoms with Crippen LogP contribution in [0.5, 0.6) is 0 Å². The fraction of sp³-hybridized carbons (Fsp3) is 0.692. The van der Waals surface area contributed by atoms with Crippen LogP contribution in [0.25, 0.3) is 0 Å². The molecule has 4 rings (SSSR count). The van der Waals surface area contributed by atoms with Gasteiger partial charge in [0.2, 0.25) is 5.79 Å². The summed E-state index contributed by atoms with van der Waals surface area (Å²) in [6.45, 7) is 0. The lowest BCUT2D eigenvalue weighted by molar-refractivity contribution is -0.220. The molecule has 1 aliphatic heterocycles. The fourth-order valence-electron chi connectivity index (χ4n) is 4.31. The first-order valence-corrected chi connectivity index (χ1v) is 8.02. The van der Waals surface area contributed by atoms with E-state index >= 15 is 0 Å². The average Bonchev–Trinajstić information content (AvgIpc) is 3.25. The van der Waals surface area contributed by atoms with Crippen LogP contribution in [-0.2, 0) is 23.8 Å². The number of rotatable bonds is 2. The molecule has 3 aliphatic carbocycles. The molecule has 9 heteroatoms. The van der Waals surface area contributed by atoms with E-state index < -0.39 is 39.6 Å². The maximum absolute atomic E-state index is 12.6. The highest BCUT2D eigenvalue weighted by Gasteiger charge is 2.89. The first-order valence-electron chi connectivity index (χ1n) is 6.51. The van der Waals surface area contributed by atoms with E-state index in [0.717, 1.165) is 0 Å². The van der Waals surface area contributed by atoms with Gasteiger partial charge in [-0.2, -0.15) is 0 Å². The summed E-state index contributed by atoms with van der Waals surface area (Å²) in [6.07, 6.45) is -1.59. The molecule has 2 saturated carbocycles. The number of Topliss-reactive ketones (excluding diaryl/α,β-unsaturated/α-hetero) is 2. The van der Waals surface area contributed by atoms with Crippen molar-refractivity contribution in [3.8, 4) is 0 Å². The monoisotopic (exact) mass is 386 g/mol. The van der Waals surface area contributed by atoms with Gasteiger partial charge in [0.25, 0.3) is 0 Å². The van der Waals surface area contributed by atoms with Gasteiger partial charge in [-0.15, -0.1) is 23.2 Å². The fourth-order valence-corrected chi connectivity index (χ4v) is 6.50. The maximum atomic E-state index is 12.6. The van der Waals surface area contributed by atoms with Crippen molar-refractivity contribution in [2.24, 2.45) is 11.8 Å². The summed E-state index contributed by atoms with van der Waals surface area (Å²) in [5.41, 5.74) is 0. The number of hydrogen-bond donors (Lipinski definition) is 0. The quantitative estimate of drug-likeness (QED) is 0.410. The molecular weight excluding hydrogens is 378 g/mol. The summed E-state index contributed by atoms with van der Waals surface area (Å²) in [7, 11) is 2.64. The van der Waals surface area contributed by atoms with Crippen LogP contribution in [-0.4, -0.2) is 53.5 Å². The molecule has 6 atom stereocenters. The molecule has 22 heavy (non-hydrogen) atoms. The van der Waals surface area contributed by atoms with Crippen molar-refractivity contribution >= 4 is 58.0 Å². The Morgan fingerprint density at radius 1 is 0.909 bits per heavy atom. The number of carbonyl (C=O) groups excluding carboxylic acids is 2. The van der Waals surface area contributed by atoms with E-state index in [0.29, 0.717) is 0 Å². The average molecular weight is 388 g/mol. The zero-order valence-electron chi connectivity index (χ0n) is 11.4. The van der Waals surface area contributed by atoms with Crippen LogP contribution in [0.2, 0.25) is 0 Å². The normalized spacial score (nSPS) is 51.2. The second-order valence-electron chi connectivity index (χ2n) is 5.81. The van der Waals surface area contributed by atoms with Gasteiger partial charge in [0.1, 0.15) is 9.75 Å². The molecule has 3 fully saturated rings. The van der Waals surface area contributed by atoms with Gasteiger partial charge in [0.15, 0.2) is 23.8 Å². The number of epoxide rings is 1. The predicted octanol–water partition coefficient (Wildman–Crippen LogP) is 1.80. The van der Waals surface area contributed by atoms with E-state index in [2.05, 4.69) is 0 Å².